The summed E-state index contributed by atoms with van der Waals surface area (Å²) in [6, 6.07) is 5.27. The zero-order valence-electron chi connectivity index (χ0n) is 21.4. The first-order valence-electron chi connectivity index (χ1n) is 12.7. The standard InChI is InChI=1S/C27H28N2O12/c30-11-20-22(34)23(35)24(36)27(41-20)40-19-10-15-13(9-18(19)32)8-16(26(38)39)29(15)21(33)4-2-12-1-3-17(31)14(7-12)25(37)28-5-6-28/h1-4,7,9-10,16,20,22-24,27,30-32,34-36H,5-6,8,11H2,(H,38,39)/t16-,20-,22-,23+,24-,27+/m1/s1. The molecule has 2 saturated heterocycles. The monoisotopic (exact) mass is 572 g/mol. The molecule has 218 valence electrons. The number of aromatic hydroxyl groups is 2. The number of carboxylic acids is 1. The van der Waals surface area contributed by atoms with Gasteiger partial charge in [-0.25, -0.2) is 4.79 Å². The summed E-state index contributed by atoms with van der Waals surface area (Å²) in [6.07, 6.45) is -5.71. The van der Waals surface area contributed by atoms with Crippen molar-refractivity contribution in [3.05, 3.63) is 53.1 Å². The van der Waals surface area contributed by atoms with E-state index >= 15 is 0 Å². The van der Waals surface area contributed by atoms with Gasteiger partial charge in [0.15, 0.2) is 11.5 Å². The Balaban J connectivity index is 1.41. The summed E-state index contributed by atoms with van der Waals surface area (Å²) in [4.78, 5) is 40.2. The molecule has 41 heavy (non-hydrogen) atoms. The van der Waals surface area contributed by atoms with Crippen LogP contribution >= 0.6 is 0 Å². The van der Waals surface area contributed by atoms with Crippen molar-refractivity contribution in [2.24, 2.45) is 0 Å². The van der Waals surface area contributed by atoms with Gasteiger partial charge < -0.3 is 50.1 Å². The van der Waals surface area contributed by atoms with Crippen LogP contribution in [0.4, 0.5) is 5.69 Å². The van der Waals surface area contributed by atoms with Crippen molar-refractivity contribution in [3.8, 4) is 17.2 Å². The number of hydrogen-bond donors (Lipinski definition) is 7. The molecule has 0 aromatic heterocycles. The van der Waals surface area contributed by atoms with Crippen LogP contribution in [0.25, 0.3) is 6.08 Å². The van der Waals surface area contributed by atoms with E-state index in [9.17, 15) is 50.1 Å². The predicted molar refractivity (Wildman–Crippen MR) is 138 cm³/mol. The van der Waals surface area contributed by atoms with Crippen LogP contribution in [-0.2, 0) is 20.7 Å². The van der Waals surface area contributed by atoms with Crippen LogP contribution in [0.1, 0.15) is 21.5 Å². The number of phenols is 2. The number of rotatable bonds is 7. The minimum Gasteiger partial charge on any atom is -0.507 e. The third kappa shape index (κ3) is 5.42. The lowest BCUT2D eigenvalue weighted by molar-refractivity contribution is -0.277. The summed E-state index contributed by atoms with van der Waals surface area (Å²) < 4.78 is 10.8. The van der Waals surface area contributed by atoms with Gasteiger partial charge in [-0.3, -0.25) is 14.5 Å². The van der Waals surface area contributed by atoms with Crippen LogP contribution in [0.2, 0.25) is 0 Å². The van der Waals surface area contributed by atoms with E-state index in [1.807, 2.05) is 0 Å². The number of nitrogens with zero attached hydrogens (tertiary/aromatic N) is 2. The number of aliphatic carboxylic acids is 1. The van der Waals surface area contributed by atoms with E-state index in [2.05, 4.69) is 0 Å². The Morgan fingerprint density at radius 2 is 1.73 bits per heavy atom. The van der Waals surface area contributed by atoms with Gasteiger partial charge >= 0.3 is 5.97 Å². The highest BCUT2D eigenvalue weighted by molar-refractivity contribution is 6.09. The van der Waals surface area contributed by atoms with E-state index in [0.29, 0.717) is 24.2 Å². The van der Waals surface area contributed by atoms with Gasteiger partial charge in [0.1, 0.15) is 36.2 Å². The van der Waals surface area contributed by atoms with Gasteiger partial charge in [-0.1, -0.05) is 6.07 Å². The number of hydrogen-bond acceptors (Lipinski definition) is 11. The van der Waals surface area contributed by atoms with Crippen LogP contribution < -0.4 is 9.64 Å². The van der Waals surface area contributed by atoms with Crippen molar-refractivity contribution in [3.63, 3.8) is 0 Å². The highest BCUT2D eigenvalue weighted by Gasteiger charge is 2.45. The Labute approximate surface area is 232 Å². The largest absolute Gasteiger partial charge is 0.507 e. The number of phenolic OH excluding ortho intramolecular Hbond substituents is 2. The highest BCUT2D eigenvalue weighted by atomic mass is 16.7. The highest BCUT2D eigenvalue weighted by Crippen LogP contribution is 2.42. The van der Waals surface area contributed by atoms with Gasteiger partial charge in [0.2, 0.25) is 6.29 Å². The summed E-state index contributed by atoms with van der Waals surface area (Å²) in [6.45, 7) is 0.462. The lowest BCUT2D eigenvalue weighted by atomic mass is 9.99. The second kappa shape index (κ2) is 11.0. The molecule has 3 aliphatic rings. The number of ether oxygens (including phenoxy) is 2. The topological polar surface area (TPSA) is 218 Å². The van der Waals surface area contributed by atoms with Gasteiger partial charge in [0, 0.05) is 31.7 Å². The molecular weight excluding hydrogens is 544 g/mol. The summed E-state index contributed by atoms with van der Waals surface area (Å²) in [7, 11) is 0. The van der Waals surface area contributed by atoms with Crippen LogP contribution in [0.15, 0.2) is 36.4 Å². The van der Waals surface area contributed by atoms with E-state index in [1.165, 1.54) is 41.3 Å². The molecular formula is C27H28N2O12. The molecule has 7 N–H and O–H groups in total. The van der Waals surface area contributed by atoms with E-state index < -0.39 is 61.0 Å². The van der Waals surface area contributed by atoms with E-state index in [0.717, 1.165) is 11.0 Å². The molecule has 0 spiro atoms. The number of aliphatic hydroxyl groups is 4. The van der Waals surface area contributed by atoms with Crippen molar-refractivity contribution in [1.29, 1.82) is 0 Å². The maximum Gasteiger partial charge on any atom is 0.327 e. The first kappa shape index (κ1) is 28.3. The Morgan fingerprint density at radius 1 is 1.00 bits per heavy atom. The lowest BCUT2D eigenvalue weighted by Gasteiger charge is -2.39. The Bertz CT molecular complexity index is 1400. The fourth-order valence-corrected chi connectivity index (χ4v) is 4.81. The normalized spacial score (nSPS) is 27.1. The molecule has 6 atom stereocenters. The lowest BCUT2D eigenvalue weighted by Crippen LogP contribution is -2.60. The predicted octanol–water partition coefficient (Wildman–Crippen LogP) is -1.21. The van der Waals surface area contributed by atoms with E-state index in [1.54, 1.807) is 0 Å². The second-order valence-corrected chi connectivity index (χ2v) is 9.93. The molecule has 2 fully saturated rings. The number of fused-ring (bicyclic) bond motifs is 1. The average Bonchev–Trinajstić information content (AvgIpc) is 3.73. The second-order valence-electron chi connectivity index (χ2n) is 9.93. The quantitative estimate of drug-likeness (QED) is 0.154. The zero-order valence-corrected chi connectivity index (χ0v) is 21.4. The maximum absolute atomic E-state index is 13.3. The van der Waals surface area contributed by atoms with Gasteiger partial charge in [-0.15, -0.1) is 0 Å². The molecule has 3 aliphatic heterocycles. The molecule has 0 aliphatic carbocycles. The van der Waals surface area contributed by atoms with Crippen LogP contribution in [-0.4, -0.2) is 115 Å². The molecule has 3 heterocycles. The van der Waals surface area contributed by atoms with Gasteiger partial charge in [-0.05, 0) is 35.4 Å². The molecule has 0 radical (unpaired) electrons. The van der Waals surface area contributed by atoms with Crippen LogP contribution in [0, 0.1) is 0 Å². The number of carbonyl (C=O) groups excluding carboxylic acids is 2. The number of amides is 2. The molecule has 14 heteroatoms. The van der Waals surface area contributed by atoms with Crippen molar-refractivity contribution < 1.29 is 59.6 Å². The SMILES string of the molecule is O=C(O)[C@H]1Cc2cc(O)c(O[C@H]3O[C@H](CO)[C@@H](O)[C@H](O)[C@H]3O)cc2N1C(=O)C=Cc1ccc(O)c(C(=O)N2CC2)c1. The molecule has 0 bridgehead atoms. The van der Waals surface area contributed by atoms with Gasteiger partial charge in [0.05, 0.1) is 17.9 Å². The minimum atomic E-state index is -1.77. The van der Waals surface area contributed by atoms with Crippen molar-refractivity contribution in [2.75, 3.05) is 24.6 Å². The number of benzene rings is 2. The van der Waals surface area contributed by atoms with Crippen molar-refractivity contribution in [2.45, 2.75) is 43.2 Å². The fraction of sp³-hybridized carbons (Fsp3) is 0.370. The zero-order chi connectivity index (χ0) is 29.6. The first-order chi connectivity index (χ1) is 19.5. The number of carboxylic acid groups (broad SMARTS) is 1. The molecule has 5 rings (SSSR count). The summed E-state index contributed by atoms with van der Waals surface area (Å²) in [5.74, 6) is -3.41. The molecule has 0 saturated carbocycles. The molecule has 0 unspecified atom stereocenters. The molecule has 2 amide bonds. The smallest absolute Gasteiger partial charge is 0.327 e. The van der Waals surface area contributed by atoms with Crippen LogP contribution in [0.5, 0.6) is 17.2 Å². The maximum atomic E-state index is 13.3. The third-order valence-electron chi connectivity index (χ3n) is 7.16. The minimum absolute atomic E-state index is 0.0671. The van der Waals surface area contributed by atoms with Crippen molar-refractivity contribution in [1.82, 2.24) is 4.90 Å². The van der Waals surface area contributed by atoms with Crippen LogP contribution in [0.3, 0.4) is 0 Å². The molecule has 2 aromatic carbocycles. The fourth-order valence-electron chi connectivity index (χ4n) is 4.81. The Hall–Kier alpha value is -4.21. The Kier molecular flexibility index (Phi) is 7.59. The number of carbonyl (C=O) groups is 3. The summed E-state index contributed by atoms with van der Waals surface area (Å²) in [5, 5.41) is 70.1. The molecule has 14 nitrogen and oxygen atoms in total. The van der Waals surface area contributed by atoms with Gasteiger partial charge in [-0.2, -0.15) is 0 Å². The average molecular weight is 573 g/mol. The van der Waals surface area contributed by atoms with Gasteiger partial charge in [0.25, 0.3) is 11.8 Å². The third-order valence-corrected chi connectivity index (χ3v) is 7.16. The number of anilines is 1. The van der Waals surface area contributed by atoms with Crippen molar-refractivity contribution >= 4 is 29.5 Å². The number of aliphatic hydroxyl groups excluding tert-OH is 4. The Morgan fingerprint density at radius 3 is 2.39 bits per heavy atom. The van der Waals surface area contributed by atoms with E-state index in [-0.39, 0.29) is 35.1 Å². The summed E-state index contributed by atoms with van der Waals surface area (Å²) in [5.41, 5.74) is 0.879. The molecule has 2 aromatic rings. The van der Waals surface area contributed by atoms with E-state index in [4.69, 9.17) is 9.47 Å². The summed E-state index contributed by atoms with van der Waals surface area (Å²) >= 11 is 0. The first-order valence-corrected chi connectivity index (χ1v) is 12.7.